The lowest BCUT2D eigenvalue weighted by Gasteiger charge is -2.09. The van der Waals surface area contributed by atoms with Gasteiger partial charge in [-0.2, -0.15) is 0 Å². The fourth-order valence-corrected chi connectivity index (χ4v) is 2.47. The fraction of sp³-hybridized carbons (Fsp3) is 0.500. The zero-order valence-electron chi connectivity index (χ0n) is 11.0. The van der Waals surface area contributed by atoms with E-state index in [1.807, 2.05) is 0 Å². The van der Waals surface area contributed by atoms with E-state index in [2.05, 4.69) is 57.3 Å². The highest BCUT2D eigenvalue weighted by molar-refractivity contribution is 5.86. The predicted octanol–water partition coefficient (Wildman–Crippen LogP) is 3.62. The van der Waals surface area contributed by atoms with Gasteiger partial charge in [0, 0.05) is 29.5 Å². The van der Waals surface area contributed by atoms with Gasteiger partial charge in [0.05, 0.1) is 5.52 Å². The van der Waals surface area contributed by atoms with Crippen molar-refractivity contribution in [2.75, 3.05) is 0 Å². The van der Waals surface area contributed by atoms with Gasteiger partial charge >= 0.3 is 0 Å². The standard InChI is InChI=1S/C14H20N2/c1-8(2)13-7-12-11(5)15-10(4)9(3)14(12)16(13)6/h7-8H,1-6H3. The molecule has 0 aromatic carbocycles. The van der Waals surface area contributed by atoms with Crippen LogP contribution in [-0.4, -0.2) is 9.55 Å². The minimum absolute atomic E-state index is 0.552. The van der Waals surface area contributed by atoms with Crippen LogP contribution in [0.5, 0.6) is 0 Å². The molecular weight excluding hydrogens is 196 g/mol. The molecule has 2 rings (SSSR count). The third-order valence-corrected chi connectivity index (χ3v) is 3.48. The molecule has 2 heteroatoms. The molecule has 2 nitrogen and oxygen atoms in total. The summed E-state index contributed by atoms with van der Waals surface area (Å²) < 4.78 is 2.32. The van der Waals surface area contributed by atoms with Gasteiger partial charge in [0.15, 0.2) is 0 Å². The van der Waals surface area contributed by atoms with Crippen molar-refractivity contribution >= 4 is 10.9 Å². The normalized spacial score (nSPS) is 11.7. The lowest BCUT2D eigenvalue weighted by atomic mass is 10.1. The van der Waals surface area contributed by atoms with Crippen LogP contribution in [0.1, 0.15) is 42.4 Å². The van der Waals surface area contributed by atoms with Crippen LogP contribution in [0, 0.1) is 20.8 Å². The summed E-state index contributed by atoms with van der Waals surface area (Å²) in [4.78, 5) is 4.60. The second-order valence-corrected chi connectivity index (χ2v) is 4.95. The number of pyridine rings is 1. The fourth-order valence-electron chi connectivity index (χ4n) is 2.47. The Hall–Kier alpha value is -1.31. The minimum Gasteiger partial charge on any atom is -0.347 e. The van der Waals surface area contributed by atoms with Crippen molar-refractivity contribution in [2.45, 2.75) is 40.5 Å². The molecule has 0 saturated carbocycles. The first-order chi connectivity index (χ1) is 7.43. The first-order valence-electron chi connectivity index (χ1n) is 5.86. The average Bonchev–Trinajstić information content (AvgIpc) is 2.53. The van der Waals surface area contributed by atoms with Crippen LogP contribution in [0.15, 0.2) is 6.07 Å². The third-order valence-electron chi connectivity index (χ3n) is 3.48. The smallest absolute Gasteiger partial charge is 0.0546 e. The van der Waals surface area contributed by atoms with Gasteiger partial charge in [-0.1, -0.05) is 13.8 Å². The Morgan fingerprint density at radius 3 is 2.31 bits per heavy atom. The number of fused-ring (bicyclic) bond motifs is 1. The van der Waals surface area contributed by atoms with Crippen molar-refractivity contribution in [3.05, 3.63) is 28.7 Å². The highest BCUT2D eigenvalue weighted by atomic mass is 15.0. The van der Waals surface area contributed by atoms with Crippen LogP contribution in [0.2, 0.25) is 0 Å². The van der Waals surface area contributed by atoms with Gasteiger partial charge in [0.25, 0.3) is 0 Å². The second-order valence-electron chi connectivity index (χ2n) is 4.95. The Bertz CT molecular complexity index is 548. The molecule has 0 saturated heterocycles. The van der Waals surface area contributed by atoms with Gasteiger partial charge in [-0.05, 0) is 38.3 Å². The Morgan fingerprint density at radius 2 is 1.75 bits per heavy atom. The van der Waals surface area contributed by atoms with Gasteiger partial charge in [0.1, 0.15) is 0 Å². The highest BCUT2D eigenvalue weighted by Gasteiger charge is 2.14. The van der Waals surface area contributed by atoms with E-state index in [0.29, 0.717) is 5.92 Å². The molecule has 2 aromatic heterocycles. The van der Waals surface area contributed by atoms with E-state index in [4.69, 9.17) is 0 Å². The SMILES string of the molecule is Cc1nc(C)c2cc(C(C)C)n(C)c2c1C. The first-order valence-corrected chi connectivity index (χ1v) is 5.86. The molecule has 2 heterocycles. The van der Waals surface area contributed by atoms with Crippen LogP contribution >= 0.6 is 0 Å². The van der Waals surface area contributed by atoms with E-state index in [1.165, 1.54) is 22.2 Å². The van der Waals surface area contributed by atoms with Crippen molar-refractivity contribution in [1.82, 2.24) is 9.55 Å². The maximum atomic E-state index is 4.60. The molecule has 0 aliphatic rings. The van der Waals surface area contributed by atoms with Crippen LogP contribution in [0.4, 0.5) is 0 Å². The Morgan fingerprint density at radius 1 is 1.12 bits per heavy atom. The number of hydrogen-bond acceptors (Lipinski definition) is 1. The van der Waals surface area contributed by atoms with E-state index in [1.54, 1.807) is 0 Å². The molecule has 0 atom stereocenters. The highest BCUT2D eigenvalue weighted by Crippen LogP contribution is 2.29. The summed E-state index contributed by atoms with van der Waals surface area (Å²) in [6.07, 6.45) is 0. The Labute approximate surface area is 97.3 Å². The van der Waals surface area contributed by atoms with Crippen molar-refractivity contribution in [3.63, 3.8) is 0 Å². The molecule has 0 aliphatic carbocycles. The van der Waals surface area contributed by atoms with Crippen molar-refractivity contribution in [2.24, 2.45) is 7.05 Å². The topological polar surface area (TPSA) is 17.8 Å². The van der Waals surface area contributed by atoms with Crippen molar-refractivity contribution in [3.8, 4) is 0 Å². The number of aryl methyl sites for hydroxylation is 4. The van der Waals surface area contributed by atoms with Gasteiger partial charge in [0.2, 0.25) is 0 Å². The molecule has 86 valence electrons. The molecule has 0 fully saturated rings. The maximum Gasteiger partial charge on any atom is 0.0546 e. The zero-order chi connectivity index (χ0) is 12.0. The number of hydrogen-bond donors (Lipinski definition) is 0. The minimum atomic E-state index is 0.552. The van der Waals surface area contributed by atoms with E-state index in [0.717, 1.165) is 11.4 Å². The molecule has 0 spiro atoms. The molecule has 16 heavy (non-hydrogen) atoms. The third kappa shape index (κ3) is 1.44. The van der Waals surface area contributed by atoms with E-state index in [-0.39, 0.29) is 0 Å². The van der Waals surface area contributed by atoms with E-state index in [9.17, 15) is 0 Å². The number of rotatable bonds is 1. The number of nitrogens with zero attached hydrogens (tertiary/aromatic N) is 2. The van der Waals surface area contributed by atoms with Gasteiger partial charge in [-0.25, -0.2) is 0 Å². The summed E-state index contributed by atoms with van der Waals surface area (Å²) in [6.45, 7) is 10.8. The van der Waals surface area contributed by atoms with Crippen LogP contribution < -0.4 is 0 Å². The largest absolute Gasteiger partial charge is 0.347 e. The quantitative estimate of drug-likeness (QED) is 0.712. The second kappa shape index (κ2) is 3.62. The Balaban J connectivity index is 2.91. The molecule has 0 amide bonds. The maximum absolute atomic E-state index is 4.60. The summed E-state index contributed by atoms with van der Waals surface area (Å²) >= 11 is 0. The zero-order valence-corrected chi connectivity index (χ0v) is 11.0. The number of aromatic nitrogens is 2. The molecule has 0 unspecified atom stereocenters. The summed E-state index contributed by atoms with van der Waals surface area (Å²) in [5, 5.41) is 1.30. The van der Waals surface area contributed by atoms with Crippen LogP contribution in [0.25, 0.3) is 10.9 Å². The molecule has 0 radical (unpaired) electrons. The van der Waals surface area contributed by atoms with E-state index >= 15 is 0 Å². The summed E-state index contributed by atoms with van der Waals surface area (Å²) in [6, 6.07) is 2.29. The van der Waals surface area contributed by atoms with Gasteiger partial charge < -0.3 is 4.57 Å². The van der Waals surface area contributed by atoms with Crippen molar-refractivity contribution < 1.29 is 0 Å². The van der Waals surface area contributed by atoms with Gasteiger partial charge in [-0.3, -0.25) is 4.98 Å². The summed E-state index contributed by atoms with van der Waals surface area (Å²) in [5.74, 6) is 0.552. The van der Waals surface area contributed by atoms with Crippen LogP contribution in [0.3, 0.4) is 0 Å². The molecular formula is C14H20N2. The molecule has 2 aromatic rings. The molecule has 0 bridgehead atoms. The Kier molecular flexibility index (Phi) is 2.53. The lowest BCUT2D eigenvalue weighted by molar-refractivity contribution is 0.754. The van der Waals surface area contributed by atoms with Crippen LogP contribution in [-0.2, 0) is 7.05 Å². The lowest BCUT2D eigenvalue weighted by Crippen LogP contribution is -2.00. The summed E-state index contributed by atoms with van der Waals surface area (Å²) in [7, 11) is 2.16. The molecule has 0 aliphatic heterocycles. The average molecular weight is 216 g/mol. The van der Waals surface area contributed by atoms with Gasteiger partial charge in [-0.15, -0.1) is 0 Å². The molecule has 0 N–H and O–H groups in total. The van der Waals surface area contributed by atoms with Crippen molar-refractivity contribution in [1.29, 1.82) is 0 Å². The monoisotopic (exact) mass is 216 g/mol. The predicted molar refractivity (Wildman–Crippen MR) is 69.0 cm³/mol. The van der Waals surface area contributed by atoms with E-state index < -0.39 is 0 Å². The first kappa shape index (κ1) is 11.2. The summed E-state index contributed by atoms with van der Waals surface area (Å²) in [5.41, 5.74) is 6.31.